The van der Waals surface area contributed by atoms with Crippen molar-refractivity contribution in [1.29, 1.82) is 0 Å². The van der Waals surface area contributed by atoms with Crippen molar-refractivity contribution >= 4 is 72.7 Å². The van der Waals surface area contributed by atoms with Crippen molar-refractivity contribution in [3.05, 3.63) is 100 Å². The van der Waals surface area contributed by atoms with E-state index >= 15 is 0 Å². The molecule has 0 saturated heterocycles. The summed E-state index contributed by atoms with van der Waals surface area (Å²) in [7, 11) is 5.67. The Hall–Kier alpha value is -3.82. The summed E-state index contributed by atoms with van der Waals surface area (Å²) >= 11 is 9.13. The number of thiocarbonyl (C=S) groups is 1. The standard InChI is InChI=1S/C29H25BrFN5OS/c1-35(2)24-15-13-23(18-8-4-5-9-19(18)24)32-29(38)34-27-28(37)36(3)25-14-12-17(30)16-21(25)26(33-27)20-10-6-7-11-22(20)31/h4-16,27H,1-3H3,(H2,32,34,38). The second-order valence-corrected chi connectivity index (χ2v) is 10.4. The number of nitrogens with zero attached hydrogens (tertiary/aromatic N) is 3. The first kappa shape index (κ1) is 25.8. The van der Waals surface area contributed by atoms with Crippen molar-refractivity contribution < 1.29 is 9.18 Å². The van der Waals surface area contributed by atoms with Gasteiger partial charge in [-0.2, -0.15) is 0 Å². The average molecular weight is 591 g/mol. The Labute approximate surface area is 234 Å². The third-order valence-corrected chi connectivity index (χ3v) is 7.14. The fourth-order valence-electron chi connectivity index (χ4n) is 4.57. The number of benzodiazepines with no additional fused rings is 1. The highest BCUT2D eigenvalue weighted by molar-refractivity contribution is 9.10. The number of carbonyl (C=O) groups excluding carboxylic acids is 1. The number of carbonyl (C=O) groups is 1. The SMILES string of the molecule is CN(C)c1ccc(NC(=S)NC2N=C(c3ccccc3F)c3cc(Br)ccc3N(C)C2=O)c2ccccc12. The second-order valence-electron chi connectivity index (χ2n) is 9.09. The van der Waals surface area contributed by atoms with Gasteiger partial charge in [0, 0.05) is 58.9 Å². The molecular formula is C29H25BrFN5OS. The van der Waals surface area contributed by atoms with Crippen LogP contribution in [0.5, 0.6) is 0 Å². The number of nitrogens with one attached hydrogen (secondary N) is 2. The number of anilines is 3. The van der Waals surface area contributed by atoms with Crippen molar-refractivity contribution in [2.45, 2.75) is 6.17 Å². The van der Waals surface area contributed by atoms with Crippen LogP contribution in [0.2, 0.25) is 0 Å². The lowest BCUT2D eigenvalue weighted by Crippen LogP contribution is -2.47. The molecule has 4 aromatic carbocycles. The zero-order valence-electron chi connectivity index (χ0n) is 21.0. The molecule has 0 bridgehead atoms. The van der Waals surface area contributed by atoms with Crippen molar-refractivity contribution in [1.82, 2.24) is 5.32 Å². The summed E-state index contributed by atoms with van der Waals surface area (Å²) in [4.78, 5) is 21.8. The van der Waals surface area contributed by atoms with E-state index in [4.69, 9.17) is 17.2 Å². The van der Waals surface area contributed by atoms with Crippen molar-refractivity contribution in [3.63, 3.8) is 0 Å². The molecule has 192 valence electrons. The Morgan fingerprint density at radius 1 is 1.00 bits per heavy atom. The lowest BCUT2D eigenvalue weighted by Gasteiger charge is -2.22. The van der Waals surface area contributed by atoms with Crippen molar-refractivity contribution in [3.8, 4) is 0 Å². The molecule has 5 rings (SSSR count). The molecule has 38 heavy (non-hydrogen) atoms. The van der Waals surface area contributed by atoms with E-state index in [1.165, 1.54) is 11.0 Å². The first-order valence-corrected chi connectivity index (χ1v) is 13.1. The van der Waals surface area contributed by atoms with Gasteiger partial charge in [0.05, 0.1) is 11.4 Å². The van der Waals surface area contributed by atoms with Gasteiger partial charge < -0.3 is 20.4 Å². The molecule has 2 N–H and O–H groups in total. The number of amides is 1. The molecular weight excluding hydrogens is 565 g/mol. The quantitative estimate of drug-likeness (QED) is 0.289. The summed E-state index contributed by atoms with van der Waals surface area (Å²) in [6, 6.07) is 23.9. The number of hydrogen-bond acceptors (Lipinski definition) is 4. The highest BCUT2D eigenvalue weighted by Crippen LogP contribution is 2.32. The van der Waals surface area contributed by atoms with E-state index in [9.17, 15) is 9.18 Å². The minimum absolute atomic E-state index is 0.225. The number of benzene rings is 4. The topological polar surface area (TPSA) is 60.0 Å². The molecule has 0 aromatic heterocycles. The molecule has 1 aliphatic heterocycles. The van der Waals surface area contributed by atoms with Gasteiger partial charge >= 0.3 is 0 Å². The molecule has 1 atom stereocenters. The van der Waals surface area contributed by atoms with Crippen LogP contribution in [0.4, 0.5) is 21.5 Å². The monoisotopic (exact) mass is 589 g/mol. The van der Waals surface area contributed by atoms with Crippen LogP contribution in [0.3, 0.4) is 0 Å². The predicted octanol–water partition coefficient (Wildman–Crippen LogP) is 5.93. The number of aliphatic imine (C=N–C) groups is 1. The van der Waals surface area contributed by atoms with Gasteiger partial charge in [0.2, 0.25) is 6.17 Å². The van der Waals surface area contributed by atoms with Gasteiger partial charge in [-0.25, -0.2) is 9.38 Å². The molecule has 0 saturated carbocycles. The van der Waals surface area contributed by atoms with Crippen LogP contribution in [-0.4, -0.2) is 44.0 Å². The maximum absolute atomic E-state index is 15.0. The summed E-state index contributed by atoms with van der Waals surface area (Å²) in [6.07, 6.45) is -1.08. The maximum Gasteiger partial charge on any atom is 0.272 e. The Morgan fingerprint density at radius 3 is 2.45 bits per heavy atom. The summed E-state index contributed by atoms with van der Waals surface area (Å²) < 4.78 is 15.7. The molecule has 1 unspecified atom stereocenters. The number of fused-ring (bicyclic) bond motifs is 2. The molecule has 1 amide bonds. The molecule has 1 aliphatic rings. The largest absolute Gasteiger partial charge is 0.377 e. The molecule has 6 nitrogen and oxygen atoms in total. The summed E-state index contributed by atoms with van der Waals surface area (Å²) in [5.74, 6) is -0.752. The number of halogens is 2. The van der Waals surface area contributed by atoms with E-state index in [1.807, 2.05) is 62.6 Å². The van der Waals surface area contributed by atoms with Crippen LogP contribution in [0.1, 0.15) is 11.1 Å². The van der Waals surface area contributed by atoms with E-state index < -0.39 is 12.0 Å². The van der Waals surface area contributed by atoms with E-state index in [2.05, 4.69) is 37.5 Å². The molecule has 0 aliphatic carbocycles. The van der Waals surface area contributed by atoms with Crippen LogP contribution >= 0.6 is 28.1 Å². The smallest absolute Gasteiger partial charge is 0.272 e. The van der Waals surface area contributed by atoms with Gasteiger partial charge in [-0.05, 0) is 54.7 Å². The van der Waals surface area contributed by atoms with E-state index in [0.717, 1.165) is 26.6 Å². The van der Waals surface area contributed by atoms with Crippen LogP contribution in [0.15, 0.2) is 88.3 Å². The van der Waals surface area contributed by atoms with Gasteiger partial charge in [-0.1, -0.05) is 52.3 Å². The lowest BCUT2D eigenvalue weighted by atomic mass is 10.00. The van der Waals surface area contributed by atoms with Gasteiger partial charge in [0.15, 0.2) is 5.11 Å². The molecule has 9 heteroatoms. The van der Waals surface area contributed by atoms with Gasteiger partial charge in [0.1, 0.15) is 5.82 Å². The number of hydrogen-bond donors (Lipinski definition) is 2. The Bertz CT molecular complexity index is 1610. The first-order valence-electron chi connectivity index (χ1n) is 11.9. The molecule has 1 heterocycles. The van der Waals surface area contributed by atoms with Crippen LogP contribution < -0.4 is 20.4 Å². The highest BCUT2D eigenvalue weighted by Gasteiger charge is 2.31. The fraction of sp³-hybridized carbons (Fsp3) is 0.138. The molecule has 0 fully saturated rings. The zero-order chi connectivity index (χ0) is 27.0. The van der Waals surface area contributed by atoms with Gasteiger partial charge in [-0.15, -0.1) is 0 Å². The van der Waals surface area contributed by atoms with E-state index in [-0.39, 0.29) is 11.0 Å². The Kier molecular flexibility index (Phi) is 7.14. The zero-order valence-corrected chi connectivity index (χ0v) is 23.4. The van der Waals surface area contributed by atoms with Crippen molar-refractivity contribution in [2.75, 3.05) is 36.3 Å². The highest BCUT2D eigenvalue weighted by atomic mass is 79.9. The predicted molar refractivity (Wildman–Crippen MR) is 161 cm³/mol. The second kappa shape index (κ2) is 10.5. The number of rotatable bonds is 4. The average Bonchev–Trinajstić information content (AvgIpc) is 2.99. The summed E-state index contributed by atoms with van der Waals surface area (Å²) in [5, 5.41) is 8.56. The Balaban J connectivity index is 1.52. The van der Waals surface area contributed by atoms with Crippen molar-refractivity contribution in [2.24, 2.45) is 4.99 Å². The van der Waals surface area contributed by atoms with Crippen LogP contribution in [0.25, 0.3) is 10.8 Å². The first-order chi connectivity index (χ1) is 18.2. The third-order valence-electron chi connectivity index (χ3n) is 6.43. The summed E-state index contributed by atoms with van der Waals surface area (Å²) in [5.41, 5.74) is 3.78. The van der Waals surface area contributed by atoms with Gasteiger partial charge in [0.25, 0.3) is 5.91 Å². The van der Waals surface area contributed by atoms with E-state index in [0.29, 0.717) is 22.5 Å². The molecule has 4 aromatic rings. The fourth-order valence-corrected chi connectivity index (χ4v) is 5.16. The van der Waals surface area contributed by atoms with Crippen LogP contribution in [-0.2, 0) is 4.79 Å². The minimum atomic E-state index is -1.08. The molecule has 0 spiro atoms. The normalized spacial score (nSPS) is 15.0. The molecule has 0 radical (unpaired) electrons. The third kappa shape index (κ3) is 4.87. The lowest BCUT2D eigenvalue weighted by molar-refractivity contribution is -0.119. The minimum Gasteiger partial charge on any atom is -0.377 e. The van der Waals surface area contributed by atoms with Crippen LogP contribution in [0, 0.1) is 5.82 Å². The van der Waals surface area contributed by atoms with E-state index in [1.54, 1.807) is 25.2 Å². The Morgan fingerprint density at radius 2 is 1.71 bits per heavy atom. The number of likely N-dealkylation sites (N-methyl/N-ethyl adjacent to an activating group) is 1. The summed E-state index contributed by atoms with van der Waals surface area (Å²) in [6.45, 7) is 0. The van der Waals surface area contributed by atoms with Gasteiger partial charge in [-0.3, -0.25) is 4.79 Å². The maximum atomic E-state index is 15.0.